The molecule has 1 nitrogen and oxygen atoms in total. The van der Waals surface area contributed by atoms with Gasteiger partial charge in [0.25, 0.3) is 0 Å². The molecule has 0 amide bonds. The Labute approximate surface area is 120 Å². The average Bonchev–Trinajstić information content (AvgIpc) is 2.41. The summed E-state index contributed by atoms with van der Waals surface area (Å²) >= 11 is 6.12. The van der Waals surface area contributed by atoms with E-state index in [4.69, 9.17) is 11.6 Å². The van der Waals surface area contributed by atoms with Gasteiger partial charge in [0.2, 0.25) is 0 Å². The van der Waals surface area contributed by atoms with Crippen LogP contribution in [0.2, 0.25) is 5.02 Å². The second kappa shape index (κ2) is 5.85. The third kappa shape index (κ3) is 3.14. The number of hydrogen-bond acceptors (Lipinski definition) is 1. The van der Waals surface area contributed by atoms with Gasteiger partial charge in [0.1, 0.15) is 0 Å². The molecule has 0 radical (unpaired) electrons. The van der Waals surface area contributed by atoms with Crippen molar-refractivity contribution in [3.8, 4) is 0 Å². The Bertz CT molecular complexity index is 596. The van der Waals surface area contributed by atoms with Crippen molar-refractivity contribution in [2.24, 2.45) is 0 Å². The van der Waals surface area contributed by atoms with Crippen molar-refractivity contribution in [1.82, 2.24) is 5.32 Å². The lowest BCUT2D eigenvalue weighted by atomic mass is 9.97. The molecule has 1 N–H and O–H groups in total. The number of benzene rings is 2. The van der Waals surface area contributed by atoms with Gasteiger partial charge in [-0.15, -0.1) is 0 Å². The van der Waals surface area contributed by atoms with E-state index in [1.165, 1.54) is 6.07 Å². The monoisotopic (exact) mass is 299 g/mol. The van der Waals surface area contributed by atoms with Crippen LogP contribution in [0.3, 0.4) is 0 Å². The van der Waals surface area contributed by atoms with E-state index in [1.54, 1.807) is 37.4 Å². The summed E-state index contributed by atoms with van der Waals surface area (Å²) < 4.78 is 38.3. The maximum absolute atomic E-state index is 12.8. The van der Waals surface area contributed by atoms with Crippen molar-refractivity contribution in [2.75, 3.05) is 7.05 Å². The fraction of sp³-hybridized carbons (Fsp3) is 0.200. The molecule has 0 aliphatic rings. The van der Waals surface area contributed by atoms with E-state index in [0.29, 0.717) is 10.6 Å². The zero-order valence-electron chi connectivity index (χ0n) is 10.7. The van der Waals surface area contributed by atoms with Crippen molar-refractivity contribution < 1.29 is 13.2 Å². The summed E-state index contributed by atoms with van der Waals surface area (Å²) in [7, 11) is 1.69. The first kappa shape index (κ1) is 14.9. The molecule has 0 saturated carbocycles. The highest BCUT2D eigenvalue weighted by atomic mass is 35.5. The summed E-state index contributed by atoms with van der Waals surface area (Å²) in [4.78, 5) is 0. The molecule has 0 spiro atoms. The summed E-state index contributed by atoms with van der Waals surface area (Å²) in [5.74, 6) is 0. The van der Waals surface area contributed by atoms with Gasteiger partial charge in [-0.05, 0) is 36.4 Å². The Morgan fingerprint density at radius 3 is 2.35 bits per heavy atom. The molecule has 1 atom stereocenters. The predicted octanol–water partition coefficient (Wildman–Crippen LogP) is 4.67. The molecule has 2 rings (SSSR count). The Balaban J connectivity index is 2.46. The molecular weight excluding hydrogens is 287 g/mol. The molecular formula is C15H13ClF3N. The molecule has 106 valence electrons. The van der Waals surface area contributed by atoms with Gasteiger partial charge in [-0.25, -0.2) is 0 Å². The highest BCUT2D eigenvalue weighted by Crippen LogP contribution is 2.33. The molecule has 0 aromatic heterocycles. The molecule has 2 aromatic carbocycles. The summed E-state index contributed by atoms with van der Waals surface area (Å²) in [5, 5.41) is 3.52. The lowest BCUT2D eigenvalue weighted by molar-refractivity contribution is -0.137. The van der Waals surface area contributed by atoms with Crippen LogP contribution in [0.1, 0.15) is 22.7 Å². The molecule has 0 saturated heterocycles. The zero-order valence-corrected chi connectivity index (χ0v) is 11.5. The van der Waals surface area contributed by atoms with Gasteiger partial charge in [0.15, 0.2) is 0 Å². The third-order valence-electron chi connectivity index (χ3n) is 3.05. The van der Waals surface area contributed by atoms with Crippen molar-refractivity contribution in [3.63, 3.8) is 0 Å². The molecule has 0 aliphatic heterocycles. The van der Waals surface area contributed by atoms with E-state index in [9.17, 15) is 13.2 Å². The molecule has 0 bridgehead atoms. The smallest absolute Gasteiger partial charge is 0.309 e. The van der Waals surface area contributed by atoms with Gasteiger partial charge < -0.3 is 5.32 Å². The van der Waals surface area contributed by atoms with Gasteiger partial charge in [0, 0.05) is 5.02 Å². The van der Waals surface area contributed by atoms with Crippen LogP contribution in [0.15, 0.2) is 48.5 Å². The number of rotatable bonds is 3. The Hall–Kier alpha value is -1.52. The highest BCUT2D eigenvalue weighted by molar-refractivity contribution is 6.31. The van der Waals surface area contributed by atoms with E-state index in [1.807, 2.05) is 0 Å². The first-order valence-corrected chi connectivity index (χ1v) is 6.40. The van der Waals surface area contributed by atoms with Crippen molar-refractivity contribution in [3.05, 3.63) is 70.2 Å². The molecule has 20 heavy (non-hydrogen) atoms. The van der Waals surface area contributed by atoms with Crippen LogP contribution in [0.4, 0.5) is 13.2 Å². The second-order valence-corrected chi connectivity index (χ2v) is 4.77. The predicted molar refractivity (Wildman–Crippen MR) is 73.8 cm³/mol. The van der Waals surface area contributed by atoms with E-state index >= 15 is 0 Å². The van der Waals surface area contributed by atoms with Crippen molar-refractivity contribution >= 4 is 11.6 Å². The summed E-state index contributed by atoms with van der Waals surface area (Å²) in [6.45, 7) is 0. The molecule has 1 unspecified atom stereocenters. The van der Waals surface area contributed by atoms with Crippen LogP contribution in [0.5, 0.6) is 0 Å². The zero-order chi connectivity index (χ0) is 14.8. The number of halogens is 4. The highest BCUT2D eigenvalue weighted by Gasteiger charge is 2.31. The van der Waals surface area contributed by atoms with Gasteiger partial charge in [0.05, 0.1) is 11.6 Å². The van der Waals surface area contributed by atoms with E-state index in [0.717, 1.165) is 17.7 Å². The average molecular weight is 300 g/mol. The summed E-state index contributed by atoms with van der Waals surface area (Å²) in [6.07, 6.45) is -4.35. The normalized spacial score (nSPS) is 13.2. The summed E-state index contributed by atoms with van der Waals surface area (Å²) in [6, 6.07) is 12.0. The topological polar surface area (TPSA) is 12.0 Å². The maximum atomic E-state index is 12.8. The Morgan fingerprint density at radius 1 is 1.05 bits per heavy atom. The maximum Gasteiger partial charge on any atom is 0.416 e. The minimum atomic E-state index is -4.35. The minimum absolute atomic E-state index is 0.383. The fourth-order valence-electron chi connectivity index (χ4n) is 2.11. The van der Waals surface area contributed by atoms with Gasteiger partial charge in [-0.3, -0.25) is 0 Å². The number of alkyl halides is 3. The molecule has 0 aliphatic carbocycles. The first-order valence-electron chi connectivity index (χ1n) is 6.02. The van der Waals surface area contributed by atoms with E-state index in [-0.39, 0.29) is 6.04 Å². The van der Waals surface area contributed by atoms with Crippen LogP contribution in [0.25, 0.3) is 0 Å². The minimum Gasteiger partial charge on any atom is -0.309 e. The number of hydrogen-bond donors (Lipinski definition) is 1. The Morgan fingerprint density at radius 2 is 1.75 bits per heavy atom. The van der Waals surface area contributed by atoms with Crippen LogP contribution < -0.4 is 5.32 Å². The van der Waals surface area contributed by atoms with Gasteiger partial charge in [-0.1, -0.05) is 41.9 Å². The van der Waals surface area contributed by atoms with Crippen LogP contribution in [-0.2, 0) is 6.18 Å². The third-order valence-corrected chi connectivity index (χ3v) is 3.40. The Kier molecular flexibility index (Phi) is 4.35. The molecule has 2 aromatic rings. The summed E-state index contributed by atoms with van der Waals surface area (Å²) in [5.41, 5.74) is 0.605. The lowest BCUT2D eigenvalue weighted by Gasteiger charge is -2.19. The molecule has 0 heterocycles. The largest absolute Gasteiger partial charge is 0.416 e. The van der Waals surface area contributed by atoms with Crippen molar-refractivity contribution in [1.29, 1.82) is 0 Å². The molecule has 0 fully saturated rings. The quantitative estimate of drug-likeness (QED) is 0.868. The SMILES string of the molecule is CNC(c1cccc(C(F)(F)F)c1)c1ccccc1Cl. The van der Waals surface area contributed by atoms with Crippen LogP contribution in [0, 0.1) is 0 Å². The van der Waals surface area contributed by atoms with Gasteiger partial charge in [-0.2, -0.15) is 13.2 Å². The molecule has 5 heteroatoms. The number of nitrogens with one attached hydrogen (secondary N) is 1. The standard InChI is InChI=1S/C15H13ClF3N/c1-20-14(12-7-2-3-8-13(12)16)10-5-4-6-11(9-10)15(17,18)19/h2-9,14,20H,1H3. The van der Waals surface area contributed by atoms with E-state index in [2.05, 4.69) is 5.32 Å². The second-order valence-electron chi connectivity index (χ2n) is 4.37. The van der Waals surface area contributed by atoms with Crippen LogP contribution >= 0.6 is 11.6 Å². The van der Waals surface area contributed by atoms with Gasteiger partial charge >= 0.3 is 6.18 Å². The lowest BCUT2D eigenvalue weighted by Crippen LogP contribution is -2.19. The van der Waals surface area contributed by atoms with E-state index < -0.39 is 11.7 Å². The first-order chi connectivity index (χ1) is 9.43. The van der Waals surface area contributed by atoms with Crippen LogP contribution in [-0.4, -0.2) is 7.05 Å². The fourth-order valence-corrected chi connectivity index (χ4v) is 2.35. The van der Waals surface area contributed by atoms with Crippen molar-refractivity contribution in [2.45, 2.75) is 12.2 Å².